The molecule has 0 bridgehead atoms. The Morgan fingerprint density at radius 2 is 2.09 bits per heavy atom. The van der Waals surface area contributed by atoms with E-state index in [0.717, 1.165) is 45.4 Å². The van der Waals surface area contributed by atoms with Crippen molar-refractivity contribution >= 4 is 5.91 Å². The summed E-state index contributed by atoms with van der Waals surface area (Å²) in [7, 11) is 2.18. The Bertz CT molecular complexity index is 507. The Balaban J connectivity index is 1.54. The van der Waals surface area contributed by atoms with Crippen molar-refractivity contribution in [1.29, 1.82) is 0 Å². The predicted molar refractivity (Wildman–Crippen MR) is 91.0 cm³/mol. The fourth-order valence-electron chi connectivity index (χ4n) is 3.65. The Hall–Kier alpha value is -1.39. The van der Waals surface area contributed by atoms with Gasteiger partial charge in [-0.3, -0.25) is 9.69 Å². The molecule has 1 saturated heterocycles. The molecular formula is C19H28N2O2. The van der Waals surface area contributed by atoms with Crippen LogP contribution in [-0.2, 0) is 16.1 Å². The van der Waals surface area contributed by atoms with Crippen LogP contribution in [0.5, 0.6) is 0 Å². The molecular weight excluding hydrogens is 288 g/mol. The Labute approximate surface area is 139 Å². The largest absolute Gasteiger partial charge is 0.381 e. The van der Waals surface area contributed by atoms with Crippen LogP contribution in [0.4, 0.5) is 0 Å². The maximum absolute atomic E-state index is 12.4. The van der Waals surface area contributed by atoms with Crippen molar-refractivity contribution in [2.75, 3.05) is 26.8 Å². The molecule has 1 amide bonds. The van der Waals surface area contributed by atoms with Crippen LogP contribution in [0.25, 0.3) is 0 Å². The van der Waals surface area contributed by atoms with Gasteiger partial charge in [0.2, 0.25) is 5.91 Å². The van der Waals surface area contributed by atoms with Gasteiger partial charge >= 0.3 is 0 Å². The van der Waals surface area contributed by atoms with E-state index in [1.165, 1.54) is 12.0 Å². The molecule has 1 atom stereocenters. The topological polar surface area (TPSA) is 41.6 Å². The van der Waals surface area contributed by atoms with Crippen molar-refractivity contribution in [2.45, 2.75) is 44.2 Å². The number of carbonyl (C=O) groups excluding carboxylic acids is 1. The average Bonchev–Trinajstić information content (AvgIpc) is 2.55. The quantitative estimate of drug-likeness (QED) is 0.877. The predicted octanol–water partition coefficient (Wildman–Crippen LogP) is 2.58. The number of hydrogen-bond acceptors (Lipinski definition) is 3. The number of nitrogens with one attached hydrogen (secondary N) is 1. The highest BCUT2D eigenvalue weighted by Gasteiger charge is 2.41. The van der Waals surface area contributed by atoms with Gasteiger partial charge in [-0.15, -0.1) is 0 Å². The molecule has 23 heavy (non-hydrogen) atoms. The van der Waals surface area contributed by atoms with E-state index in [1.54, 1.807) is 0 Å². The average molecular weight is 316 g/mol. The summed E-state index contributed by atoms with van der Waals surface area (Å²) < 4.78 is 5.43. The van der Waals surface area contributed by atoms with Crippen LogP contribution in [0.1, 0.15) is 37.7 Å². The normalized spacial score (nSPS) is 23.3. The lowest BCUT2D eigenvalue weighted by Crippen LogP contribution is -2.58. The molecule has 1 saturated carbocycles. The van der Waals surface area contributed by atoms with Crippen LogP contribution in [0.3, 0.4) is 0 Å². The van der Waals surface area contributed by atoms with E-state index in [2.05, 4.69) is 47.6 Å². The zero-order valence-electron chi connectivity index (χ0n) is 14.1. The number of benzene rings is 1. The summed E-state index contributed by atoms with van der Waals surface area (Å²) in [5.41, 5.74) is 1.45. The van der Waals surface area contributed by atoms with E-state index in [4.69, 9.17) is 4.74 Å². The Kier molecular flexibility index (Phi) is 5.34. The van der Waals surface area contributed by atoms with Gasteiger partial charge in [-0.1, -0.05) is 30.3 Å². The van der Waals surface area contributed by atoms with Crippen molar-refractivity contribution in [3.8, 4) is 0 Å². The third-order valence-electron chi connectivity index (χ3n) is 5.48. The minimum absolute atomic E-state index is 0.0419. The molecule has 126 valence electrons. The van der Waals surface area contributed by atoms with Crippen molar-refractivity contribution in [2.24, 2.45) is 5.92 Å². The molecule has 1 aromatic carbocycles. The molecule has 1 unspecified atom stereocenters. The standard InChI is InChI=1S/C19H28N2O2/c1-21(13-16-7-3-2-4-8-16)19(10-6-11-19)15-20-18(22)17-9-5-12-23-14-17/h2-4,7-8,17H,5-6,9-15H2,1H3,(H,20,22). The minimum atomic E-state index is 0.0419. The lowest BCUT2D eigenvalue weighted by atomic mass is 9.75. The molecule has 4 heteroatoms. The van der Waals surface area contributed by atoms with Crippen LogP contribution in [0, 0.1) is 5.92 Å². The molecule has 2 aliphatic rings. The molecule has 0 radical (unpaired) electrons. The van der Waals surface area contributed by atoms with Crippen LogP contribution in [-0.4, -0.2) is 43.2 Å². The van der Waals surface area contributed by atoms with Crippen molar-refractivity contribution in [3.05, 3.63) is 35.9 Å². The van der Waals surface area contributed by atoms with Crippen LogP contribution in [0.15, 0.2) is 30.3 Å². The minimum Gasteiger partial charge on any atom is -0.381 e. The zero-order chi connectivity index (χ0) is 16.1. The molecule has 0 aromatic heterocycles. The Morgan fingerprint density at radius 3 is 2.70 bits per heavy atom. The van der Waals surface area contributed by atoms with Gasteiger partial charge in [-0.25, -0.2) is 0 Å². The molecule has 1 aliphatic heterocycles. The summed E-state index contributed by atoms with van der Waals surface area (Å²) in [6.07, 6.45) is 5.53. The third kappa shape index (κ3) is 3.93. The number of ether oxygens (including phenoxy) is 1. The Morgan fingerprint density at radius 1 is 1.30 bits per heavy atom. The summed E-state index contributed by atoms with van der Waals surface area (Å²) >= 11 is 0. The van der Waals surface area contributed by atoms with E-state index in [0.29, 0.717) is 6.61 Å². The first-order chi connectivity index (χ1) is 11.2. The highest BCUT2D eigenvalue weighted by Crippen LogP contribution is 2.37. The first-order valence-corrected chi connectivity index (χ1v) is 8.80. The number of amides is 1. The van der Waals surface area contributed by atoms with Gasteiger partial charge in [0.25, 0.3) is 0 Å². The third-order valence-corrected chi connectivity index (χ3v) is 5.48. The molecule has 1 heterocycles. The number of likely N-dealkylation sites (N-methyl/N-ethyl adjacent to an activating group) is 1. The van der Waals surface area contributed by atoms with Gasteiger partial charge in [0.15, 0.2) is 0 Å². The fourth-order valence-corrected chi connectivity index (χ4v) is 3.65. The van der Waals surface area contributed by atoms with Gasteiger partial charge in [0, 0.05) is 25.2 Å². The molecule has 1 aromatic rings. The van der Waals surface area contributed by atoms with Crippen LogP contribution >= 0.6 is 0 Å². The second-order valence-corrected chi connectivity index (χ2v) is 7.05. The van der Waals surface area contributed by atoms with Crippen LogP contribution in [0.2, 0.25) is 0 Å². The van der Waals surface area contributed by atoms with Crippen LogP contribution < -0.4 is 5.32 Å². The summed E-state index contributed by atoms with van der Waals surface area (Å²) in [5.74, 6) is 0.212. The lowest BCUT2D eigenvalue weighted by Gasteiger charge is -2.49. The van der Waals surface area contributed by atoms with Gasteiger partial charge in [0.1, 0.15) is 0 Å². The highest BCUT2D eigenvalue weighted by atomic mass is 16.5. The van der Waals surface area contributed by atoms with Crippen molar-refractivity contribution < 1.29 is 9.53 Å². The number of rotatable bonds is 6. The number of hydrogen-bond donors (Lipinski definition) is 1. The van der Waals surface area contributed by atoms with Crippen molar-refractivity contribution in [3.63, 3.8) is 0 Å². The maximum atomic E-state index is 12.4. The lowest BCUT2D eigenvalue weighted by molar-refractivity contribution is -0.130. The van der Waals surface area contributed by atoms with E-state index >= 15 is 0 Å². The van der Waals surface area contributed by atoms with Gasteiger partial charge in [-0.2, -0.15) is 0 Å². The van der Waals surface area contributed by atoms with E-state index in [9.17, 15) is 4.79 Å². The molecule has 3 rings (SSSR count). The van der Waals surface area contributed by atoms with Gasteiger partial charge in [-0.05, 0) is 44.7 Å². The molecule has 0 spiro atoms. The molecule has 2 fully saturated rings. The highest BCUT2D eigenvalue weighted by molar-refractivity contribution is 5.78. The summed E-state index contributed by atoms with van der Waals surface area (Å²) in [4.78, 5) is 14.8. The van der Waals surface area contributed by atoms with E-state index in [-0.39, 0.29) is 17.4 Å². The zero-order valence-corrected chi connectivity index (χ0v) is 14.1. The van der Waals surface area contributed by atoms with Gasteiger partial charge in [0.05, 0.1) is 12.5 Å². The first kappa shape index (κ1) is 16.5. The van der Waals surface area contributed by atoms with E-state index < -0.39 is 0 Å². The molecule has 1 N–H and O–H groups in total. The first-order valence-electron chi connectivity index (χ1n) is 8.80. The number of carbonyl (C=O) groups is 1. The van der Waals surface area contributed by atoms with Crippen molar-refractivity contribution in [1.82, 2.24) is 10.2 Å². The van der Waals surface area contributed by atoms with Gasteiger partial charge < -0.3 is 10.1 Å². The molecule has 4 nitrogen and oxygen atoms in total. The maximum Gasteiger partial charge on any atom is 0.225 e. The summed E-state index contributed by atoms with van der Waals surface area (Å²) in [5, 5.41) is 3.20. The smallest absolute Gasteiger partial charge is 0.225 e. The summed E-state index contributed by atoms with van der Waals surface area (Å²) in [6.45, 7) is 3.07. The van der Waals surface area contributed by atoms with E-state index in [1.807, 2.05) is 0 Å². The summed E-state index contributed by atoms with van der Waals surface area (Å²) in [6, 6.07) is 10.6. The second-order valence-electron chi connectivity index (χ2n) is 7.05. The SMILES string of the molecule is CN(Cc1ccccc1)C1(CNC(=O)C2CCCOC2)CCC1. The second kappa shape index (κ2) is 7.45. The molecule has 1 aliphatic carbocycles. The monoisotopic (exact) mass is 316 g/mol. The fraction of sp³-hybridized carbons (Fsp3) is 0.632. The number of nitrogens with zero attached hydrogens (tertiary/aromatic N) is 1.